The average molecular weight is 390 g/mol. The van der Waals surface area contributed by atoms with Gasteiger partial charge in [0.2, 0.25) is 0 Å². The van der Waals surface area contributed by atoms with Crippen LogP contribution in [0.1, 0.15) is 42.0 Å². The van der Waals surface area contributed by atoms with Crippen LogP contribution in [0.3, 0.4) is 0 Å². The van der Waals surface area contributed by atoms with Gasteiger partial charge < -0.3 is 15.5 Å². The number of ether oxygens (including phenoxy) is 1. The highest BCUT2D eigenvalue weighted by Crippen LogP contribution is 2.45. The molecule has 0 fully saturated rings. The molecule has 0 spiro atoms. The predicted octanol–water partition coefficient (Wildman–Crippen LogP) is 4.18. The minimum absolute atomic E-state index is 0.264. The first kappa shape index (κ1) is 21.1. The minimum atomic E-state index is -0.817. The molecule has 4 N–H and O–H groups in total. The molecule has 0 heterocycles. The number of benzene rings is 2. The fourth-order valence-electron chi connectivity index (χ4n) is 3.56. The van der Waals surface area contributed by atoms with Crippen molar-refractivity contribution in [1.82, 2.24) is 0 Å². The van der Waals surface area contributed by atoms with Crippen LogP contribution in [0.4, 0.5) is 11.4 Å². The maximum absolute atomic E-state index is 12.6. The summed E-state index contributed by atoms with van der Waals surface area (Å²) in [7, 11) is 3.14. The molecule has 1 unspecified atom stereocenters. The minimum Gasteiger partial charge on any atom is -0.469 e. The lowest BCUT2D eigenvalue weighted by Crippen LogP contribution is -2.34. The zero-order chi connectivity index (χ0) is 20.5. The molecule has 27 heavy (non-hydrogen) atoms. The van der Waals surface area contributed by atoms with E-state index >= 15 is 0 Å². The van der Waals surface area contributed by atoms with Crippen molar-refractivity contribution in [2.24, 2.45) is 11.3 Å². The largest absolute Gasteiger partial charge is 0.469 e. The number of aryl methyl sites for hydroxylation is 1. The second kappa shape index (κ2) is 7.79. The number of rotatable bonds is 5. The molecule has 0 amide bonds. The van der Waals surface area contributed by atoms with E-state index in [2.05, 4.69) is 0 Å². The van der Waals surface area contributed by atoms with Gasteiger partial charge in [0.05, 0.1) is 23.9 Å². The molecule has 0 radical (unpaired) electrons. The van der Waals surface area contributed by atoms with Crippen molar-refractivity contribution >= 4 is 28.9 Å². The fourth-order valence-corrected chi connectivity index (χ4v) is 3.68. The van der Waals surface area contributed by atoms with Gasteiger partial charge in [-0.2, -0.15) is 0 Å². The molecule has 0 bridgehead atoms. The Bertz CT molecular complexity index is 863. The summed E-state index contributed by atoms with van der Waals surface area (Å²) in [5, 5.41) is 2.17. The molecule has 1 atom stereocenters. The van der Waals surface area contributed by atoms with Crippen LogP contribution in [-0.4, -0.2) is 20.1 Å². The highest BCUT2D eigenvalue weighted by Gasteiger charge is 2.41. The first-order chi connectivity index (χ1) is 12.5. The molecule has 2 rings (SSSR count). The summed E-state index contributed by atoms with van der Waals surface area (Å²) in [5.41, 5.74) is 10.6. The highest BCUT2D eigenvalue weighted by molar-refractivity contribution is 6.31. The molecule has 6 heteroatoms. The van der Waals surface area contributed by atoms with Gasteiger partial charge >= 0.3 is 5.97 Å². The van der Waals surface area contributed by atoms with Crippen LogP contribution in [0.15, 0.2) is 30.3 Å². The van der Waals surface area contributed by atoms with Crippen molar-refractivity contribution in [2.75, 3.05) is 24.9 Å². The molecule has 0 saturated heterocycles. The van der Waals surface area contributed by atoms with E-state index in [4.69, 9.17) is 27.9 Å². The lowest BCUT2D eigenvalue weighted by molar-refractivity contribution is -0.151. The van der Waals surface area contributed by atoms with Crippen LogP contribution < -0.4 is 16.6 Å². The van der Waals surface area contributed by atoms with Crippen LogP contribution in [0, 0.1) is 19.3 Å². The lowest BCUT2D eigenvalue weighted by Gasteiger charge is -2.34. The molecule has 0 saturated carbocycles. The van der Waals surface area contributed by atoms with Crippen molar-refractivity contribution in [3.8, 4) is 0 Å². The van der Waals surface area contributed by atoms with E-state index in [0.717, 1.165) is 27.9 Å². The summed E-state index contributed by atoms with van der Waals surface area (Å²) in [6.45, 7) is 7.65. The SMILES string of the molecule is COC(=O)C(C)(C)C(c1ccc(Cl)c(C)c1)c1ccc(N(C)N)c(N)c1C. The highest BCUT2D eigenvalue weighted by atomic mass is 35.5. The second-order valence-corrected chi connectivity index (χ2v) is 7.89. The second-order valence-electron chi connectivity index (χ2n) is 7.48. The number of esters is 1. The van der Waals surface area contributed by atoms with E-state index in [9.17, 15) is 4.79 Å². The number of nitrogens with two attached hydrogens (primary N) is 2. The van der Waals surface area contributed by atoms with E-state index in [-0.39, 0.29) is 11.9 Å². The number of nitrogens with zero attached hydrogens (tertiary/aromatic N) is 1. The smallest absolute Gasteiger partial charge is 0.312 e. The number of carbonyl (C=O) groups is 1. The van der Waals surface area contributed by atoms with Crippen molar-refractivity contribution in [1.29, 1.82) is 0 Å². The topological polar surface area (TPSA) is 81.6 Å². The number of hydrazine groups is 1. The molecule has 0 aromatic heterocycles. The van der Waals surface area contributed by atoms with E-state index in [0.29, 0.717) is 10.7 Å². The van der Waals surface area contributed by atoms with Crippen LogP contribution >= 0.6 is 11.6 Å². The molecule has 0 aliphatic rings. The number of hydrogen-bond donors (Lipinski definition) is 2. The zero-order valence-electron chi connectivity index (χ0n) is 16.8. The quantitative estimate of drug-likeness (QED) is 0.347. The van der Waals surface area contributed by atoms with E-state index in [1.165, 1.54) is 12.1 Å². The number of hydrogen-bond acceptors (Lipinski definition) is 5. The maximum atomic E-state index is 12.6. The number of nitrogen functional groups attached to an aromatic ring is 1. The normalized spacial score (nSPS) is 12.6. The Morgan fingerprint density at radius 1 is 1.22 bits per heavy atom. The molecule has 146 valence electrons. The number of methoxy groups -OCH3 is 1. The predicted molar refractivity (Wildman–Crippen MR) is 112 cm³/mol. The molecule has 0 aliphatic carbocycles. The third kappa shape index (κ3) is 3.89. The van der Waals surface area contributed by atoms with E-state index in [1.807, 2.05) is 58.0 Å². The Labute approximate surface area is 166 Å². The lowest BCUT2D eigenvalue weighted by atomic mass is 9.69. The molecule has 0 aliphatic heterocycles. The van der Waals surface area contributed by atoms with Gasteiger partial charge in [0.25, 0.3) is 0 Å². The molecule has 2 aromatic rings. The van der Waals surface area contributed by atoms with Crippen molar-refractivity contribution in [3.63, 3.8) is 0 Å². The standard InChI is InChI=1S/C21H28ClN3O2/c1-12-11-14(7-9-16(12)22)18(21(3,4)20(26)27-6)15-8-10-17(25(5)24)19(23)13(15)2/h7-11,18H,23-24H2,1-6H3. The summed E-state index contributed by atoms with van der Waals surface area (Å²) in [6.07, 6.45) is 0. The van der Waals surface area contributed by atoms with Gasteiger partial charge in [0.15, 0.2) is 0 Å². The van der Waals surface area contributed by atoms with E-state index < -0.39 is 5.41 Å². The molecule has 5 nitrogen and oxygen atoms in total. The Morgan fingerprint density at radius 2 is 1.85 bits per heavy atom. The van der Waals surface area contributed by atoms with Crippen LogP contribution in [0.25, 0.3) is 0 Å². The number of carbonyl (C=O) groups excluding carboxylic acids is 1. The first-order valence-electron chi connectivity index (χ1n) is 8.74. The van der Waals surface area contributed by atoms with Gasteiger partial charge in [0.1, 0.15) is 0 Å². The maximum Gasteiger partial charge on any atom is 0.312 e. The van der Waals surface area contributed by atoms with Crippen molar-refractivity contribution in [3.05, 3.63) is 57.6 Å². The fraction of sp³-hybridized carbons (Fsp3) is 0.381. The number of anilines is 2. The Balaban J connectivity index is 2.76. The average Bonchev–Trinajstić information content (AvgIpc) is 2.60. The van der Waals surface area contributed by atoms with Gasteiger partial charge in [-0.05, 0) is 62.1 Å². The third-order valence-corrected chi connectivity index (χ3v) is 5.60. The van der Waals surface area contributed by atoms with Gasteiger partial charge in [-0.15, -0.1) is 0 Å². The summed E-state index contributed by atoms with van der Waals surface area (Å²) < 4.78 is 5.10. The zero-order valence-corrected chi connectivity index (χ0v) is 17.5. The van der Waals surface area contributed by atoms with Crippen LogP contribution in [0.2, 0.25) is 5.02 Å². The molecular formula is C21H28ClN3O2. The van der Waals surface area contributed by atoms with Gasteiger partial charge in [0, 0.05) is 18.0 Å². The summed E-state index contributed by atoms with van der Waals surface area (Å²) in [4.78, 5) is 12.6. The Morgan fingerprint density at radius 3 is 2.37 bits per heavy atom. The summed E-state index contributed by atoms with van der Waals surface area (Å²) in [6, 6.07) is 9.66. The van der Waals surface area contributed by atoms with Crippen LogP contribution in [-0.2, 0) is 9.53 Å². The third-order valence-electron chi connectivity index (χ3n) is 5.17. The van der Waals surface area contributed by atoms with Crippen LogP contribution in [0.5, 0.6) is 0 Å². The molecule has 2 aromatic carbocycles. The van der Waals surface area contributed by atoms with Gasteiger partial charge in [-0.3, -0.25) is 4.79 Å². The summed E-state index contributed by atoms with van der Waals surface area (Å²) >= 11 is 6.22. The monoisotopic (exact) mass is 389 g/mol. The first-order valence-corrected chi connectivity index (χ1v) is 9.12. The van der Waals surface area contributed by atoms with Gasteiger partial charge in [-0.25, -0.2) is 5.84 Å². The Hall–Kier alpha value is -2.24. The number of halogens is 1. The van der Waals surface area contributed by atoms with E-state index in [1.54, 1.807) is 7.05 Å². The van der Waals surface area contributed by atoms with Crippen molar-refractivity contribution in [2.45, 2.75) is 33.6 Å². The Kier molecular flexibility index (Phi) is 6.07. The van der Waals surface area contributed by atoms with Gasteiger partial charge in [-0.1, -0.05) is 29.8 Å². The molecular weight excluding hydrogens is 362 g/mol. The van der Waals surface area contributed by atoms with Crippen molar-refractivity contribution < 1.29 is 9.53 Å². The summed E-state index contributed by atoms with van der Waals surface area (Å²) in [5.74, 6) is 5.32.